The first-order valence-corrected chi connectivity index (χ1v) is 7.76. The van der Waals surface area contributed by atoms with E-state index in [2.05, 4.69) is 38.3 Å². The maximum absolute atomic E-state index is 12.0. The fourth-order valence-corrected chi connectivity index (χ4v) is 3.94. The summed E-state index contributed by atoms with van der Waals surface area (Å²) in [6.07, 6.45) is 6.11. The summed E-state index contributed by atoms with van der Waals surface area (Å²) >= 11 is 0. The first kappa shape index (κ1) is 14.8. The van der Waals surface area contributed by atoms with E-state index in [0.717, 1.165) is 25.3 Å². The standard InChI is InChI=1S/C16H30N2O/c1-15(2)7-13(8-16(3,4)11-15)18-14(19)10-17-9-12-5-6-12/h12-13,17H,5-11H2,1-4H3,(H,18,19). The Morgan fingerprint density at radius 2 is 1.68 bits per heavy atom. The second-order valence-corrected chi connectivity index (χ2v) is 8.25. The van der Waals surface area contributed by atoms with Crippen LogP contribution in [0.4, 0.5) is 0 Å². The number of rotatable bonds is 5. The van der Waals surface area contributed by atoms with Crippen LogP contribution in [-0.4, -0.2) is 25.0 Å². The van der Waals surface area contributed by atoms with Crippen molar-refractivity contribution >= 4 is 5.91 Å². The van der Waals surface area contributed by atoms with Gasteiger partial charge in [-0.05, 0) is 55.4 Å². The lowest BCUT2D eigenvalue weighted by atomic mass is 9.63. The number of nitrogens with one attached hydrogen (secondary N) is 2. The third-order valence-corrected chi connectivity index (χ3v) is 4.34. The van der Waals surface area contributed by atoms with Crippen LogP contribution in [0.15, 0.2) is 0 Å². The summed E-state index contributed by atoms with van der Waals surface area (Å²) in [4.78, 5) is 12.0. The minimum atomic E-state index is 0.166. The van der Waals surface area contributed by atoms with E-state index in [9.17, 15) is 4.79 Å². The molecule has 2 fully saturated rings. The van der Waals surface area contributed by atoms with Gasteiger partial charge in [0.25, 0.3) is 0 Å². The third-order valence-electron chi connectivity index (χ3n) is 4.34. The Bertz CT molecular complexity index is 316. The quantitative estimate of drug-likeness (QED) is 0.803. The Morgan fingerprint density at radius 1 is 1.11 bits per heavy atom. The molecule has 0 radical (unpaired) electrons. The highest BCUT2D eigenvalue weighted by Gasteiger charge is 2.38. The first-order valence-electron chi connectivity index (χ1n) is 7.76. The van der Waals surface area contributed by atoms with Crippen molar-refractivity contribution in [1.29, 1.82) is 0 Å². The van der Waals surface area contributed by atoms with Gasteiger partial charge in [-0.2, -0.15) is 0 Å². The van der Waals surface area contributed by atoms with Crippen molar-refractivity contribution in [3.05, 3.63) is 0 Å². The van der Waals surface area contributed by atoms with Crippen molar-refractivity contribution in [2.45, 2.75) is 65.8 Å². The summed E-state index contributed by atoms with van der Waals surface area (Å²) in [5.41, 5.74) is 0.669. The van der Waals surface area contributed by atoms with E-state index in [0.29, 0.717) is 23.4 Å². The van der Waals surface area contributed by atoms with Crippen LogP contribution in [-0.2, 0) is 4.79 Å². The summed E-state index contributed by atoms with van der Waals surface area (Å²) in [5.74, 6) is 1.000. The molecule has 0 aromatic heterocycles. The molecule has 19 heavy (non-hydrogen) atoms. The summed E-state index contributed by atoms with van der Waals surface area (Å²) in [6, 6.07) is 0.342. The van der Waals surface area contributed by atoms with Gasteiger partial charge in [0.2, 0.25) is 5.91 Å². The smallest absolute Gasteiger partial charge is 0.234 e. The van der Waals surface area contributed by atoms with Crippen LogP contribution in [0.2, 0.25) is 0 Å². The minimum absolute atomic E-state index is 0.166. The maximum Gasteiger partial charge on any atom is 0.234 e. The molecule has 0 bridgehead atoms. The fourth-order valence-electron chi connectivity index (χ4n) is 3.94. The predicted octanol–water partition coefficient (Wildman–Crippen LogP) is 2.71. The molecule has 0 aromatic carbocycles. The largest absolute Gasteiger partial charge is 0.352 e. The number of carbonyl (C=O) groups is 1. The lowest BCUT2D eigenvalue weighted by Crippen LogP contribution is -2.48. The second kappa shape index (κ2) is 5.43. The summed E-state index contributed by atoms with van der Waals surface area (Å²) in [5, 5.41) is 6.49. The molecule has 1 amide bonds. The molecule has 0 saturated heterocycles. The Morgan fingerprint density at radius 3 is 2.21 bits per heavy atom. The maximum atomic E-state index is 12.0. The van der Waals surface area contributed by atoms with Gasteiger partial charge in [-0.15, -0.1) is 0 Å². The van der Waals surface area contributed by atoms with Crippen LogP contribution < -0.4 is 10.6 Å². The van der Waals surface area contributed by atoms with E-state index in [1.165, 1.54) is 19.3 Å². The van der Waals surface area contributed by atoms with Gasteiger partial charge in [0.15, 0.2) is 0 Å². The Kier molecular flexibility index (Phi) is 4.24. The molecule has 0 spiro atoms. The average Bonchev–Trinajstić information content (AvgIpc) is 2.95. The number of amides is 1. The van der Waals surface area contributed by atoms with Crippen LogP contribution in [0.1, 0.15) is 59.8 Å². The predicted molar refractivity (Wildman–Crippen MR) is 78.9 cm³/mol. The van der Waals surface area contributed by atoms with Gasteiger partial charge in [-0.25, -0.2) is 0 Å². The van der Waals surface area contributed by atoms with Crippen LogP contribution >= 0.6 is 0 Å². The SMILES string of the molecule is CC1(C)CC(NC(=O)CNCC2CC2)CC(C)(C)C1. The number of hydrogen-bond donors (Lipinski definition) is 2. The van der Waals surface area contributed by atoms with E-state index >= 15 is 0 Å². The molecule has 2 rings (SSSR count). The van der Waals surface area contributed by atoms with Crippen LogP contribution in [0.3, 0.4) is 0 Å². The third kappa shape index (κ3) is 5.13. The molecular formula is C16H30N2O. The molecule has 2 N–H and O–H groups in total. The van der Waals surface area contributed by atoms with Gasteiger partial charge in [0, 0.05) is 6.04 Å². The second-order valence-electron chi connectivity index (χ2n) is 8.25. The minimum Gasteiger partial charge on any atom is -0.352 e. The molecule has 0 aromatic rings. The van der Waals surface area contributed by atoms with Gasteiger partial charge < -0.3 is 10.6 Å². The molecule has 0 unspecified atom stereocenters. The van der Waals surface area contributed by atoms with E-state index < -0.39 is 0 Å². The molecule has 0 atom stereocenters. The highest BCUT2D eigenvalue weighted by atomic mass is 16.1. The zero-order valence-electron chi connectivity index (χ0n) is 13.0. The van der Waals surface area contributed by atoms with Crippen LogP contribution in [0, 0.1) is 16.7 Å². The Hall–Kier alpha value is -0.570. The molecule has 110 valence electrons. The highest BCUT2D eigenvalue weighted by Crippen LogP contribution is 2.45. The van der Waals surface area contributed by atoms with Crippen molar-refractivity contribution in [3.63, 3.8) is 0 Å². The van der Waals surface area contributed by atoms with Gasteiger partial charge in [-0.3, -0.25) is 4.79 Å². The van der Waals surface area contributed by atoms with Crippen molar-refractivity contribution in [3.8, 4) is 0 Å². The van der Waals surface area contributed by atoms with Crippen molar-refractivity contribution in [1.82, 2.24) is 10.6 Å². The highest BCUT2D eigenvalue weighted by molar-refractivity contribution is 5.78. The van der Waals surface area contributed by atoms with Crippen molar-refractivity contribution in [2.24, 2.45) is 16.7 Å². The molecule has 3 heteroatoms. The van der Waals surface area contributed by atoms with Gasteiger partial charge in [0.1, 0.15) is 0 Å². The van der Waals surface area contributed by atoms with Gasteiger partial charge in [0.05, 0.1) is 6.54 Å². The molecule has 0 aliphatic heterocycles. The number of carbonyl (C=O) groups excluding carboxylic acids is 1. The lowest BCUT2D eigenvalue weighted by Gasteiger charge is -2.45. The van der Waals surface area contributed by atoms with Crippen LogP contribution in [0.25, 0.3) is 0 Å². The normalized spacial score (nSPS) is 26.1. The number of hydrogen-bond acceptors (Lipinski definition) is 2. The summed E-state index contributed by atoms with van der Waals surface area (Å²) in [6.45, 7) is 10.8. The molecule has 0 heterocycles. The summed E-state index contributed by atoms with van der Waals surface area (Å²) < 4.78 is 0. The van der Waals surface area contributed by atoms with Crippen molar-refractivity contribution in [2.75, 3.05) is 13.1 Å². The van der Waals surface area contributed by atoms with Gasteiger partial charge >= 0.3 is 0 Å². The monoisotopic (exact) mass is 266 g/mol. The van der Waals surface area contributed by atoms with E-state index in [1.54, 1.807) is 0 Å². The molecule has 3 nitrogen and oxygen atoms in total. The Labute approximate surface area is 117 Å². The fraction of sp³-hybridized carbons (Fsp3) is 0.938. The average molecular weight is 266 g/mol. The molecular weight excluding hydrogens is 236 g/mol. The van der Waals surface area contributed by atoms with E-state index in [1.807, 2.05) is 0 Å². The Balaban J connectivity index is 1.75. The van der Waals surface area contributed by atoms with E-state index in [-0.39, 0.29) is 5.91 Å². The molecule has 2 saturated carbocycles. The molecule has 2 aliphatic rings. The van der Waals surface area contributed by atoms with Crippen molar-refractivity contribution < 1.29 is 4.79 Å². The zero-order chi connectivity index (χ0) is 14.1. The van der Waals surface area contributed by atoms with Gasteiger partial charge in [-0.1, -0.05) is 27.7 Å². The van der Waals surface area contributed by atoms with E-state index in [4.69, 9.17) is 0 Å². The first-order chi connectivity index (χ1) is 8.76. The van der Waals surface area contributed by atoms with Crippen LogP contribution in [0.5, 0.6) is 0 Å². The topological polar surface area (TPSA) is 41.1 Å². The lowest BCUT2D eigenvalue weighted by molar-refractivity contribution is -0.121. The zero-order valence-corrected chi connectivity index (χ0v) is 13.0. The molecule has 2 aliphatic carbocycles. The summed E-state index contributed by atoms with van der Waals surface area (Å²) in [7, 11) is 0.